The lowest BCUT2D eigenvalue weighted by Gasteiger charge is -2.21. The lowest BCUT2D eigenvalue weighted by Crippen LogP contribution is -2.36. The fourth-order valence-electron chi connectivity index (χ4n) is 2.68. The molecule has 0 fully saturated rings. The number of nitrogens with one attached hydrogen (secondary N) is 1. The van der Waals surface area contributed by atoms with Crippen LogP contribution in [0.15, 0.2) is 59.6 Å². The quantitative estimate of drug-likeness (QED) is 0.924. The Morgan fingerprint density at radius 2 is 1.75 bits per heavy atom. The molecular formula is C18H18F3N3. The summed E-state index contributed by atoms with van der Waals surface area (Å²) in [5.41, 5.74) is 1.34. The van der Waals surface area contributed by atoms with Crippen molar-refractivity contribution in [3.63, 3.8) is 0 Å². The summed E-state index contributed by atoms with van der Waals surface area (Å²) in [6, 6.07) is 15.4. The van der Waals surface area contributed by atoms with Gasteiger partial charge < -0.3 is 10.2 Å². The van der Waals surface area contributed by atoms with Crippen LogP contribution in [0.4, 0.5) is 13.2 Å². The molecule has 2 aromatic rings. The molecule has 0 aromatic heterocycles. The van der Waals surface area contributed by atoms with E-state index in [1.54, 1.807) is 0 Å². The van der Waals surface area contributed by atoms with Crippen molar-refractivity contribution in [3.05, 3.63) is 71.3 Å². The summed E-state index contributed by atoms with van der Waals surface area (Å²) < 4.78 is 37.8. The van der Waals surface area contributed by atoms with Gasteiger partial charge in [0.15, 0.2) is 5.96 Å². The van der Waals surface area contributed by atoms with E-state index in [2.05, 4.69) is 10.3 Å². The first-order chi connectivity index (χ1) is 11.4. The number of hydrogen-bond acceptors (Lipinski definition) is 3. The van der Waals surface area contributed by atoms with E-state index in [0.717, 1.165) is 23.7 Å². The SMILES string of the molecule is CN(Cc1ccc(C(F)(F)F)cc1)C1=NCC(c2ccccc2)N1. The molecule has 1 unspecified atom stereocenters. The highest BCUT2D eigenvalue weighted by atomic mass is 19.4. The van der Waals surface area contributed by atoms with Crippen LogP contribution in [0.2, 0.25) is 0 Å². The molecule has 0 saturated heterocycles. The molecule has 0 aliphatic carbocycles. The lowest BCUT2D eigenvalue weighted by molar-refractivity contribution is -0.137. The molecule has 126 valence electrons. The topological polar surface area (TPSA) is 27.6 Å². The summed E-state index contributed by atoms with van der Waals surface area (Å²) in [6.45, 7) is 1.14. The van der Waals surface area contributed by atoms with Crippen LogP contribution in [0.25, 0.3) is 0 Å². The van der Waals surface area contributed by atoms with Gasteiger partial charge in [-0.25, -0.2) is 0 Å². The van der Waals surface area contributed by atoms with Crippen molar-refractivity contribution in [2.75, 3.05) is 13.6 Å². The standard InChI is InChI=1S/C18H18F3N3/c1-24(12-13-7-9-15(10-8-13)18(19,20)21)17-22-11-16(23-17)14-5-3-2-4-6-14/h2-10,16H,11-12H2,1H3,(H,22,23). The number of benzene rings is 2. The molecular weight excluding hydrogens is 315 g/mol. The highest BCUT2D eigenvalue weighted by molar-refractivity contribution is 5.82. The number of nitrogens with zero attached hydrogens (tertiary/aromatic N) is 2. The van der Waals surface area contributed by atoms with Crippen molar-refractivity contribution < 1.29 is 13.2 Å². The molecule has 3 rings (SSSR count). The van der Waals surface area contributed by atoms with Crippen LogP contribution >= 0.6 is 0 Å². The minimum absolute atomic E-state index is 0.135. The molecule has 1 heterocycles. The Kier molecular flexibility index (Phi) is 4.46. The van der Waals surface area contributed by atoms with Gasteiger partial charge in [-0.2, -0.15) is 13.2 Å². The van der Waals surface area contributed by atoms with E-state index in [-0.39, 0.29) is 6.04 Å². The number of rotatable bonds is 3. The summed E-state index contributed by atoms with van der Waals surface area (Å²) in [6.07, 6.45) is -4.30. The van der Waals surface area contributed by atoms with E-state index >= 15 is 0 Å². The zero-order chi connectivity index (χ0) is 17.2. The van der Waals surface area contributed by atoms with Gasteiger partial charge in [-0.1, -0.05) is 42.5 Å². The fraction of sp³-hybridized carbons (Fsp3) is 0.278. The average Bonchev–Trinajstić information content (AvgIpc) is 3.05. The summed E-state index contributed by atoms with van der Waals surface area (Å²) in [5, 5.41) is 3.36. The Morgan fingerprint density at radius 1 is 1.08 bits per heavy atom. The smallest absolute Gasteiger partial charge is 0.348 e. The fourth-order valence-corrected chi connectivity index (χ4v) is 2.68. The van der Waals surface area contributed by atoms with Crippen LogP contribution in [0.5, 0.6) is 0 Å². The van der Waals surface area contributed by atoms with E-state index in [1.165, 1.54) is 17.7 Å². The number of alkyl halides is 3. The van der Waals surface area contributed by atoms with Crippen molar-refractivity contribution in [2.45, 2.75) is 18.8 Å². The first kappa shape index (κ1) is 16.4. The monoisotopic (exact) mass is 333 g/mol. The highest BCUT2D eigenvalue weighted by Crippen LogP contribution is 2.29. The Morgan fingerprint density at radius 3 is 2.38 bits per heavy atom. The normalized spacial score (nSPS) is 17.3. The number of guanidine groups is 1. The van der Waals surface area contributed by atoms with Crippen LogP contribution in [0, 0.1) is 0 Å². The van der Waals surface area contributed by atoms with E-state index in [1.807, 2.05) is 42.3 Å². The van der Waals surface area contributed by atoms with E-state index in [0.29, 0.717) is 13.1 Å². The Hall–Kier alpha value is -2.50. The first-order valence-corrected chi connectivity index (χ1v) is 7.67. The molecule has 0 spiro atoms. The van der Waals surface area contributed by atoms with Crippen LogP contribution < -0.4 is 5.32 Å². The van der Waals surface area contributed by atoms with Gasteiger partial charge in [0.2, 0.25) is 0 Å². The third-order valence-electron chi connectivity index (χ3n) is 3.99. The molecule has 3 nitrogen and oxygen atoms in total. The molecule has 0 saturated carbocycles. The van der Waals surface area contributed by atoms with Gasteiger partial charge >= 0.3 is 6.18 Å². The van der Waals surface area contributed by atoms with Gasteiger partial charge in [0.05, 0.1) is 18.2 Å². The molecule has 0 bridgehead atoms. The third kappa shape index (κ3) is 3.69. The van der Waals surface area contributed by atoms with Crippen molar-refractivity contribution in [1.82, 2.24) is 10.2 Å². The van der Waals surface area contributed by atoms with Crippen LogP contribution in [-0.2, 0) is 12.7 Å². The lowest BCUT2D eigenvalue weighted by atomic mass is 10.1. The minimum atomic E-state index is -4.30. The largest absolute Gasteiger partial charge is 0.416 e. The second kappa shape index (κ2) is 6.55. The predicted molar refractivity (Wildman–Crippen MR) is 87.5 cm³/mol. The van der Waals surface area contributed by atoms with Gasteiger partial charge in [0.25, 0.3) is 0 Å². The van der Waals surface area contributed by atoms with Crippen LogP contribution in [0.3, 0.4) is 0 Å². The van der Waals surface area contributed by atoms with Gasteiger partial charge in [-0.3, -0.25) is 4.99 Å². The zero-order valence-electron chi connectivity index (χ0n) is 13.2. The van der Waals surface area contributed by atoms with Crippen LogP contribution in [0.1, 0.15) is 22.7 Å². The van der Waals surface area contributed by atoms with E-state index < -0.39 is 11.7 Å². The van der Waals surface area contributed by atoms with Gasteiger partial charge in [-0.05, 0) is 23.3 Å². The van der Waals surface area contributed by atoms with Crippen molar-refractivity contribution in [3.8, 4) is 0 Å². The average molecular weight is 333 g/mol. The van der Waals surface area contributed by atoms with Crippen LogP contribution in [-0.4, -0.2) is 24.5 Å². The summed E-state index contributed by atoms with van der Waals surface area (Å²) in [5.74, 6) is 0.753. The van der Waals surface area contributed by atoms with Gasteiger partial charge in [0, 0.05) is 13.6 Å². The Balaban J connectivity index is 1.61. The number of aliphatic imine (C=N–C) groups is 1. The van der Waals surface area contributed by atoms with Crippen molar-refractivity contribution in [1.29, 1.82) is 0 Å². The Labute approximate surface area is 138 Å². The molecule has 0 amide bonds. The molecule has 6 heteroatoms. The summed E-state index contributed by atoms with van der Waals surface area (Å²) >= 11 is 0. The maximum atomic E-state index is 12.6. The summed E-state index contributed by atoms with van der Waals surface area (Å²) in [4.78, 5) is 6.41. The third-order valence-corrected chi connectivity index (χ3v) is 3.99. The highest BCUT2D eigenvalue weighted by Gasteiger charge is 2.30. The first-order valence-electron chi connectivity index (χ1n) is 7.67. The van der Waals surface area contributed by atoms with Crippen molar-refractivity contribution >= 4 is 5.96 Å². The minimum Gasteiger partial charge on any atom is -0.348 e. The second-order valence-electron chi connectivity index (χ2n) is 5.82. The number of hydrogen-bond donors (Lipinski definition) is 1. The Bertz CT molecular complexity index is 709. The molecule has 1 N–H and O–H groups in total. The molecule has 1 atom stereocenters. The zero-order valence-corrected chi connectivity index (χ0v) is 13.2. The van der Waals surface area contributed by atoms with Gasteiger partial charge in [-0.15, -0.1) is 0 Å². The summed E-state index contributed by atoms with van der Waals surface area (Å²) in [7, 11) is 1.87. The van der Waals surface area contributed by atoms with E-state index in [4.69, 9.17) is 0 Å². The van der Waals surface area contributed by atoms with Gasteiger partial charge in [0.1, 0.15) is 0 Å². The van der Waals surface area contributed by atoms with Crippen molar-refractivity contribution in [2.24, 2.45) is 4.99 Å². The maximum absolute atomic E-state index is 12.6. The molecule has 2 aromatic carbocycles. The maximum Gasteiger partial charge on any atom is 0.416 e. The molecule has 1 aliphatic heterocycles. The predicted octanol–water partition coefficient (Wildman–Crippen LogP) is 3.84. The van der Waals surface area contributed by atoms with E-state index in [9.17, 15) is 13.2 Å². The molecule has 1 aliphatic rings. The second-order valence-corrected chi connectivity index (χ2v) is 5.82. The number of halogens is 3. The molecule has 24 heavy (non-hydrogen) atoms. The molecule has 0 radical (unpaired) electrons.